The van der Waals surface area contributed by atoms with Gasteiger partial charge in [-0.05, 0) is 35.9 Å². The van der Waals surface area contributed by atoms with Crippen molar-refractivity contribution in [2.75, 3.05) is 0 Å². The molecule has 33 heavy (non-hydrogen) atoms. The molecule has 1 aromatic carbocycles. The number of rotatable bonds is 4. The molecule has 3 heterocycles. The van der Waals surface area contributed by atoms with Crippen molar-refractivity contribution in [1.29, 1.82) is 0 Å². The molecule has 0 spiro atoms. The Kier molecular flexibility index (Phi) is 5.38. The first-order valence-electron chi connectivity index (χ1n) is 9.46. The number of benzene rings is 1. The number of aromatic amines is 1. The van der Waals surface area contributed by atoms with Crippen molar-refractivity contribution in [3.8, 4) is 11.3 Å². The minimum Gasteiger partial charge on any atom is -0.347 e. The minimum absolute atomic E-state index is 0.0413. The van der Waals surface area contributed by atoms with Crippen molar-refractivity contribution in [3.63, 3.8) is 0 Å². The highest BCUT2D eigenvalue weighted by molar-refractivity contribution is 5.98. The van der Waals surface area contributed by atoms with Gasteiger partial charge in [0.15, 0.2) is 0 Å². The number of carbonyl (C=O) groups is 1. The predicted molar refractivity (Wildman–Crippen MR) is 106 cm³/mol. The van der Waals surface area contributed by atoms with E-state index in [0.717, 1.165) is 5.56 Å². The van der Waals surface area contributed by atoms with Crippen LogP contribution < -0.4 is 5.32 Å². The van der Waals surface area contributed by atoms with Crippen molar-refractivity contribution >= 4 is 16.9 Å². The second kappa shape index (κ2) is 7.94. The Morgan fingerprint density at radius 3 is 2.45 bits per heavy atom. The molecule has 2 N–H and O–H groups in total. The minimum atomic E-state index is -5.02. The molecule has 3 aromatic heterocycles. The molecule has 1 amide bonds. The molecule has 0 unspecified atom stereocenters. The van der Waals surface area contributed by atoms with Gasteiger partial charge in [-0.15, -0.1) is 0 Å². The molecular formula is C21H15F6N5O. The zero-order chi connectivity index (χ0) is 24.0. The third kappa shape index (κ3) is 4.41. The van der Waals surface area contributed by atoms with Gasteiger partial charge in [0.2, 0.25) is 0 Å². The van der Waals surface area contributed by atoms with Crippen LogP contribution in [-0.4, -0.2) is 25.7 Å². The van der Waals surface area contributed by atoms with Crippen LogP contribution in [0.4, 0.5) is 26.3 Å². The summed E-state index contributed by atoms with van der Waals surface area (Å²) in [6, 6.07) is 6.29. The second-order valence-electron chi connectivity index (χ2n) is 7.24. The summed E-state index contributed by atoms with van der Waals surface area (Å²) in [5.74, 6) is -0.701. The van der Waals surface area contributed by atoms with Gasteiger partial charge in [0.25, 0.3) is 5.91 Å². The summed E-state index contributed by atoms with van der Waals surface area (Å²) in [6.07, 6.45) is -6.72. The van der Waals surface area contributed by atoms with E-state index in [9.17, 15) is 31.1 Å². The first kappa shape index (κ1) is 22.4. The van der Waals surface area contributed by atoms with Gasteiger partial charge in [0, 0.05) is 30.7 Å². The fourth-order valence-corrected chi connectivity index (χ4v) is 3.41. The van der Waals surface area contributed by atoms with Gasteiger partial charge in [-0.1, -0.05) is 6.07 Å². The van der Waals surface area contributed by atoms with Crippen LogP contribution in [0.5, 0.6) is 0 Å². The summed E-state index contributed by atoms with van der Waals surface area (Å²) in [5, 5.41) is 9.49. The van der Waals surface area contributed by atoms with Crippen molar-refractivity contribution in [3.05, 3.63) is 71.2 Å². The third-order valence-corrected chi connectivity index (χ3v) is 5.09. The number of amides is 1. The van der Waals surface area contributed by atoms with E-state index in [2.05, 4.69) is 20.5 Å². The molecule has 0 fully saturated rings. The second-order valence-corrected chi connectivity index (χ2v) is 7.24. The maximum Gasteiger partial charge on any atom is 0.416 e. The SMILES string of the molecule is Cn1c(C(=O)NCc2ccc(C(F)(F)F)cc2C(F)(F)F)cc2ccc(-c3cn[nH]c3)nc21. The molecule has 0 aliphatic carbocycles. The van der Waals surface area contributed by atoms with E-state index in [4.69, 9.17) is 0 Å². The number of nitrogens with one attached hydrogen (secondary N) is 2. The van der Waals surface area contributed by atoms with Gasteiger partial charge in [0.05, 0.1) is 23.0 Å². The quantitative estimate of drug-likeness (QED) is 0.418. The average molecular weight is 467 g/mol. The number of fused-ring (bicyclic) bond motifs is 1. The van der Waals surface area contributed by atoms with Gasteiger partial charge in [-0.3, -0.25) is 9.89 Å². The Labute approximate surface area is 182 Å². The maximum absolute atomic E-state index is 13.3. The van der Waals surface area contributed by atoms with E-state index in [-0.39, 0.29) is 11.8 Å². The lowest BCUT2D eigenvalue weighted by atomic mass is 10.0. The normalized spacial score (nSPS) is 12.3. The Morgan fingerprint density at radius 2 is 1.82 bits per heavy atom. The van der Waals surface area contributed by atoms with E-state index in [1.54, 1.807) is 31.6 Å². The Morgan fingerprint density at radius 1 is 1.06 bits per heavy atom. The molecule has 4 aromatic rings. The maximum atomic E-state index is 13.3. The van der Waals surface area contributed by atoms with Gasteiger partial charge in [-0.25, -0.2) is 4.98 Å². The molecule has 0 bridgehead atoms. The number of hydrogen-bond acceptors (Lipinski definition) is 3. The standard InChI is InChI=1S/C21H15F6N5O/c1-32-17(6-11-3-5-16(31-18(11)32)13-9-29-30-10-13)19(33)28-8-12-2-4-14(20(22,23)24)7-15(12)21(25,26)27/h2-7,9-10H,8H2,1H3,(H,28,33)(H,29,30). The molecule has 0 saturated carbocycles. The fraction of sp³-hybridized carbons (Fsp3) is 0.190. The van der Waals surface area contributed by atoms with Crippen molar-refractivity contribution in [2.24, 2.45) is 7.05 Å². The molecule has 6 nitrogen and oxygen atoms in total. The summed E-state index contributed by atoms with van der Waals surface area (Å²) in [5.41, 5.74) is -1.44. The lowest BCUT2D eigenvalue weighted by Gasteiger charge is -2.16. The number of aryl methyl sites for hydroxylation is 1. The van der Waals surface area contributed by atoms with Crippen LogP contribution >= 0.6 is 0 Å². The number of halogens is 6. The summed E-state index contributed by atoms with van der Waals surface area (Å²) < 4.78 is 80.0. The Bertz CT molecular complexity index is 1320. The summed E-state index contributed by atoms with van der Waals surface area (Å²) in [6.45, 7) is -0.610. The molecule has 12 heteroatoms. The monoisotopic (exact) mass is 467 g/mol. The van der Waals surface area contributed by atoms with Crippen LogP contribution in [0.1, 0.15) is 27.2 Å². The molecular weight excluding hydrogens is 452 g/mol. The first-order chi connectivity index (χ1) is 15.4. The number of pyridine rings is 1. The largest absolute Gasteiger partial charge is 0.416 e. The van der Waals surface area contributed by atoms with E-state index >= 15 is 0 Å². The highest BCUT2D eigenvalue weighted by atomic mass is 19.4. The molecule has 0 radical (unpaired) electrons. The van der Waals surface area contributed by atoms with Gasteiger partial charge in [-0.2, -0.15) is 31.4 Å². The van der Waals surface area contributed by atoms with E-state index in [0.29, 0.717) is 28.9 Å². The number of nitrogens with zero attached hydrogens (tertiary/aromatic N) is 3. The molecule has 172 valence electrons. The molecule has 0 atom stereocenters. The van der Waals surface area contributed by atoms with Crippen molar-refractivity contribution in [1.82, 2.24) is 25.1 Å². The average Bonchev–Trinajstić information content (AvgIpc) is 3.39. The van der Waals surface area contributed by atoms with Gasteiger partial charge < -0.3 is 9.88 Å². The lowest BCUT2D eigenvalue weighted by Crippen LogP contribution is -2.26. The van der Waals surface area contributed by atoms with Crippen LogP contribution in [0.3, 0.4) is 0 Å². The molecule has 4 rings (SSSR count). The van der Waals surface area contributed by atoms with Crippen LogP contribution in [0.25, 0.3) is 22.3 Å². The number of aromatic nitrogens is 4. The highest BCUT2D eigenvalue weighted by Crippen LogP contribution is 2.37. The van der Waals surface area contributed by atoms with E-state index < -0.39 is 41.5 Å². The topological polar surface area (TPSA) is 75.6 Å². The molecule has 0 saturated heterocycles. The highest BCUT2D eigenvalue weighted by Gasteiger charge is 2.38. The zero-order valence-electron chi connectivity index (χ0n) is 16.8. The van der Waals surface area contributed by atoms with Crippen molar-refractivity contribution < 1.29 is 31.1 Å². The van der Waals surface area contributed by atoms with E-state index in [1.165, 1.54) is 10.6 Å². The van der Waals surface area contributed by atoms with Crippen LogP contribution in [0, 0.1) is 0 Å². The third-order valence-electron chi connectivity index (χ3n) is 5.09. The van der Waals surface area contributed by atoms with E-state index in [1.807, 2.05) is 0 Å². The number of H-pyrrole nitrogens is 1. The predicted octanol–water partition coefficient (Wildman–Crippen LogP) is 4.93. The van der Waals surface area contributed by atoms with Gasteiger partial charge >= 0.3 is 12.4 Å². The number of carbonyl (C=O) groups excluding carboxylic acids is 1. The smallest absolute Gasteiger partial charge is 0.347 e. The van der Waals surface area contributed by atoms with Crippen molar-refractivity contribution in [2.45, 2.75) is 18.9 Å². The Balaban J connectivity index is 1.60. The number of hydrogen-bond donors (Lipinski definition) is 2. The fourth-order valence-electron chi connectivity index (χ4n) is 3.41. The number of alkyl halides is 6. The van der Waals surface area contributed by atoms with Gasteiger partial charge in [0.1, 0.15) is 11.3 Å². The zero-order valence-corrected chi connectivity index (χ0v) is 16.8. The summed E-state index contributed by atoms with van der Waals surface area (Å²) >= 11 is 0. The molecule has 0 aliphatic heterocycles. The molecule has 0 aliphatic rings. The van der Waals surface area contributed by atoms with Crippen LogP contribution in [0.15, 0.2) is 48.8 Å². The summed E-state index contributed by atoms with van der Waals surface area (Å²) in [4.78, 5) is 17.2. The van der Waals surface area contributed by atoms with Crippen LogP contribution in [0.2, 0.25) is 0 Å². The Hall–Kier alpha value is -3.83. The van der Waals surface area contributed by atoms with Crippen LogP contribution in [-0.2, 0) is 25.9 Å². The first-order valence-corrected chi connectivity index (χ1v) is 9.46. The lowest BCUT2D eigenvalue weighted by molar-refractivity contribution is -0.143. The summed E-state index contributed by atoms with van der Waals surface area (Å²) in [7, 11) is 1.57.